The van der Waals surface area contributed by atoms with E-state index in [2.05, 4.69) is 32.6 Å². The number of hydrogen-bond acceptors (Lipinski definition) is 6. The molecule has 3 heterocycles. The highest BCUT2D eigenvalue weighted by Gasteiger charge is 2.62. The van der Waals surface area contributed by atoms with Gasteiger partial charge >= 0.3 is 6.03 Å². The molecule has 2 aromatic heterocycles. The van der Waals surface area contributed by atoms with Crippen molar-refractivity contribution >= 4 is 23.3 Å². The van der Waals surface area contributed by atoms with Crippen molar-refractivity contribution in [2.24, 2.45) is 5.92 Å². The normalized spacial score (nSPS) is 25.6. The third-order valence-electron chi connectivity index (χ3n) is 5.74. The van der Waals surface area contributed by atoms with Crippen molar-refractivity contribution in [1.82, 2.24) is 30.0 Å². The lowest BCUT2D eigenvalue weighted by Gasteiger charge is -2.61. The van der Waals surface area contributed by atoms with E-state index in [-0.39, 0.29) is 12.1 Å². The number of anilines is 1. The Kier molecular flexibility index (Phi) is 4.09. The zero-order chi connectivity index (χ0) is 20.2. The van der Waals surface area contributed by atoms with Gasteiger partial charge in [0.2, 0.25) is 0 Å². The molecule has 1 saturated heterocycles. The van der Waals surface area contributed by atoms with E-state index >= 15 is 0 Å². The Hall–Kier alpha value is -2.94. The molecule has 1 saturated carbocycles. The SMILES string of the molecule is Cc1noc([C@@]23C[C@@H](C)C[C@@H](C2)N3C(=O)Nc2ccc(Cl)c(-n3nccn3)c2)n1. The Morgan fingerprint density at radius 2 is 2.10 bits per heavy atom. The van der Waals surface area contributed by atoms with Crippen LogP contribution in [0.2, 0.25) is 5.02 Å². The molecular weight excluding hydrogens is 394 g/mol. The molecular formula is C19H20ClN7O2. The van der Waals surface area contributed by atoms with E-state index in [9.17, 15) is 4.79 Å². The predicted octanol–water partition coefficient (Wildman–Crippen LogP) is 3.54. The Bertz CT molecular complexity index is 1070. The fourth-order valence-electron chi connectivity index (χ4n) is 4.70. The minimum absolute atomic E-state index is 0.158. The van der Waals surface area contributed by atoms with Crippen molar-refractivity contribution in [2.75, 3.05) is 5.32 Å². The fraction of sp³-hybridized carbons (Fsp3) is 0.421. The standard InChI is InChI=1S/C19H20ClN7O2/c1-11-7-14-10-19(9-11,17-23-12(2)25-29-17)26(14)18(28)24-13-3-4-15(20)16(8-13)27-21-5-6-22-27/h3-6,8,11,14H,7,9-10H2,1-2H3,(H,24,28)/t11-,14-,19+/m0/s1. The summed E-state index contributed by atoms with van der Waals surface area (Å²) in [4.78, 5) is 21.0. The second-order valence-electron chi connectivity index (χ2n) is 7.87. The molecule has 1 aromatic carbocycles. The molecule has 3 aromatic rings. The van der Waals surface area contributed by atoms with Crippen molar-refractivity contribution in [3.8, 4) is 5.69 Å². The molecule has 150 valence electrons. The van der Waals surface area contributed by atoms with Gasteiger partial charge in [0, 0.05) is 18.2 Å². The summed E-state index contributed by atoms with van der Waals surface area (Å²) < 4.78 is 5.49. The van der Waals surface area contributed by atoms with Crippen LogP contribution in [0.1, 0.15) is 37.9 Å². The molecule has 0 spiro atoms. The topological polar surface area (TPSA) is 102 Å². The number of urea groups is 1. The number of halogens is 1. The number of nitrogens with one attached hydrogen (secondary N) is 1. The summed E-state index contributed by atoms with van der Waals surface area (Å²) in [7, 11) is 0. The van der Waals surface area contributed by atoms with Crippen LogP contribution in [-0.4, -0.2) is 42.1 Å². The number of likely N-dealkylation sites (tertiary alicyclic amines) is 1. The van der Waals surface area contributed by atoms with Crippen LogP contribution in [0.15, 0.2) is 35.1 Å². The van der Waals surface area contributed by atoms with Crippen LogP contribution in [0.4, 0.5) is 10.5 Å². The number of nitrogens with zero attached hydrogens (tertiary/aromatic N) is 6. The maximum absolute atomic E-state index is 13.2. The Balaban J connectivity index is 1.43. The lowest BCUT2D eigenvalue weighted by Crippen LogP contribution is -2.70. The first-order chi connectivity index (χ1) is 14.0. The summed E-state index contributed by atoms with van der Waals surface area (Å²) >= 11 is 6.27. The summed E-state index contributed by atoms with van der Waals surface area (Å²) in [6, 6.07) is 5.19. The minimum atomic E-state index is -0.535. The third-order valence-corrected chi connectivity index (χ3v) is 6.06. The number of piperidine rings is 1. The van der Waals surface area contributed by atoms with Gasteiger partial charge in [-0.1, -0.05) is 23.7 Å². The molecule has 2 fully saturated rings. The van der Waals surface area contributed by atoms with Crippen LogP contribution >= 0.6 is 11.6 Å². The number of aromatic nitrogens is 5. The highest BCUT2D eigenvalue weighted by molar-refractivity contribution is 6.32. The van der Waals surface area contributed by atoms with Gasteiger partial charge in [0.25, 0.3) is 5.89 Å². The van der Waals surface area contributed by atoms with E-state index in [1.54, 1.807) is 37.5 Å². The number of benzene rings is 1. The van der Waals surface area contributed by atoms with E-state index < -0.39 is 5.54 Å². The minimum Gasteiger partial charge on any atom is -0.337 e. The Labute approximate surface area is 172 Å². The molecule has 1 aliphatic heterocycles. The molecule has 1 aliphatic carbocycles. The maximum Gasteiger partial charge on any atom is 0.323 e. The van der Waals surface area contributed by atoms with Gasteiger partial charge in [0.15, 0.2) is 5.82 Å². The summed E-state index contributed by atoms with van der Waals surface area (Å²) in [5, 5.41) is 15.6. The molecule has 1 N–H and O–H groups in total. The van der Waals surface area contributed by atoms with Crippen LogP contribution in [0.3, 0.4) is 0 Å². The monoisotopic (exact) mass is 413 g/mol. The molecule has 10 heteroatoms. The molecule has 9 nitrogen and oxygen atoms in total. The first-order valence-corrected chi connectivity index (χ1v) is 9.91. The van der Waals surface area contributed by atoms with E-state index in [0.717, 1.165) is 19.3 Å². The molecule has 5 rings (SSSR count). The molecule has 3 atom stereocenters. The summed E-state index contributed by atoms with van der Waals surface area (Å²) in [6.45, 7) is 3.98. The van der Waals surface area contributed by atoms with Gasteiger partial charge in [-0.3, -0.25) is 0 Å². The molecule has 0 radical (unpaired) electrons. The van der Waals surface area contributed by atoms with Crippen molar-refractivity contribution in [3.63, 3.8) is 0 Å². The lowest BCUT2D eigenvalue weighted by atomic mass is 9.64. The van der Waals surface area contributed by atoms with Crippen LogP contribution in [0.5, 0.6) is 0 Å². The number of amides is 2. The first-order valence-electron chi connectivity index (χ1n) is 9.53. The fourth-order valence-corrected chi connectivity index (χ4v) is 4.90. The van der Waals surface area contributed by atoms with Crippen LogP contribution in [0.25, 0.3) is 5.69 Å². The Morgan fingerprint density at radius 3 is 2.83 bits per heavy atom. The lowest BCUT2D eigenvalue weighted by molar-refractivity contribution is -0.111. The van der Waals surface area contributed by atoms with Crippen LogP contribution in [0, 0.1) is 12.8 Å². The molecule has 2 amide bonds. The average molecular weight is 414 g/mol. The number of carbonyl (C=O) groups is 1. The zero-order valence-corrected chi connectivity index (χ0v) is 16.8. The van der Waals surface area contributed by atoms with Gasteiger partial charge < -0.3 is 14.7 Å². The highest BCUT2D eigenvalue weighted by atomic mass is 35.5. The van der Waals surface area contributed by atoms with Crippen molar-refractivity contribution in [3.05, 3.63) is 47.3 Å². The van der Waals surface area contributed by atoms with Gasteiger partial charge in [-0.2, -0.15) is 20.0 Å². The van der Waals surface area contributed by atoms with Gasteiger partial charge in [0.1, 0.15) is 11.2 Å². The number of fused-ring (bicyclic) bond motifs is 2. The summed E-state index contributed by atoms with van der Waals surface area (Å²) in [6.07, 6.45) is 5.75. The third kappa shape index (κ3) is 2.88. The Morgan fingerprint density at radius 1 is 1.31 bits per heavy atom. The highest BCUT2D eigenvalue weighted by Crippen LogP contribution is 2.55. The first kappa shape index (κ1) is 18.1. The van der Waals surface area contributed by atoms with E-state index in [1.807, 2.05) is 4.90 Å². The van der Waals surface area contributed by atoms with Gasteiger partial charge in [-0.25, -0.2) is 4.79 Å². The number of carbonyl (C=O) groups excluding carboxylic acids is 1. The van der Waals surface area contributed by atoms with Crippen molar-refractivity contribution in [1.29, 1.82) is 0 Å². The average Bonchev–Trinajstić information content (AvgIpc) is 3.34. The van der Waals surface area contributed by atoms with Crippen molar-refractivity contribution in [2.45, 2.75) is 44.7 Å². The van der Waals surface area contributed by atoms with Gasteiger partial charge in [-0.15, -0.1) is 0 Å². The van der Waals surface area contributed by atoms with E-state index in [4.69, 9.17) is 16.1 Å². The summed E-state index contributed by atoms with van der Waals surface area (Å²) in [5.41, 5.74) is 0.669. The van der Waals surface area contributed by atoms with Crippen LogP contribution < -0.4 is 5.32 Å². The second kappa shape index (κ2) is 6.55. The van der Waals surface area contributed by atoms with Crippen molar-refractivity contribution < 1.29 is 9.32 Å². The number of hydrogen-bond donors (Lipinski definition) is 1. The van der Waals surface area contributed by atoms with Crippen LogP contribution in [-0.2, 0) is 5.54 Å². The quantitative estimate of drug-likeness (QED) is 0.704. The largest absolute Gasteiger partial charge is 0.337 e. The van der Waals surface area contributed by atoms with E-state index in [1.165, 1.54) is 4.80 Å². The van der Waals surface area contributed by atoms with Gasteiger partial charge in [-0.05, 0) is 43.9 Å². The van der Waals surface area contributed by atoms with E-state index in [0.29, 0.717) is 34.0 Å². The maximum atomic E-state index is 13.2. The number of aryl methyl sites for hydroxylation is 1. The second-order valence-corrected chi connectivity index (χ2v) is 8.27. The smallest absolute Gasteiger partial charge is 0.323 e. The number of rotatable bonds is 3. The summed E-state index contributed by atoms with van der Waals surface area (Å²) in [5.74, 6) is 1.58. The molecule has 2 aliphatic rings. The molecule has 29 heavy (non-hydrogen) atoms. The predicted molar refractivity (Wildman–Crippen MR) is 105 cm³/mol. The molecule has 0 unspecified atom stereocenters. The van der Waals surface area contributed by atoms with Gasteiger partial charge in [0.05, 0.1) is 17.4 Å². The molecule has 2 bridgehead atoms. The zero-order valence-electron chi connectivity index (χ0n) is 16.0.